The average molecular weight is 258 g/mol. The Hall–Kier alpha value is -1.68. The van der Waals surface area contributed by atoms with Crippen LogP contribution in [0.25, 0.3) is 0 Å². The maximum absolute atomic E-state index is 11.0. The number of hydrogen-bond acceptors (Lipinski definition) is 7. The Labute approximate surface area is 102 Å². The third kappa shape index (κ3) is 1.93. The Morgan fingerprint density at radius 2 is 2.17 bits per heavy atom. The van der Waals surface area contributed by atoms with Crippen LogP contribution in [0.1, 0.15) is 16.7 Å². The Kier molecular flexibility index (Phi) is 3.22. The van der Waals surface area contributed by atoms with Gasteiger partial charge < -0.3 is 31.5 Å². The van der Waals surface area contributed by atoms with E-state index in [4.69, 9.17) is 21.3 Å². The Morgan fingerprint density at radius 1 is 1.50 bits per heavy atom. The lowest BCUT2D eigenvalue weighted by molar-refractivity contribution is -0.0586. The van der Waals surface area contributed by atoms with Crippen molar-refractivity contribution in [2.75, 3.05) is 12.3 Å². The van der Waals surface area contributed by atoms with Gasteiger partial charge in [0.15, 0.2) is 11.9 Å². The Bertz CT molecular complexity index is 462. The standard InChI is InChI=1S/C9H14N4O5/c10-3-1-13(12-5(3)8(11)17)9-7(16)6(15)4(2-14)18-9/h1,4,6-7,9,14-16H,2,10H2,(H2,11,17)/t4-,6-,7-,9?/m1/s1. The lowest BCUT2D eigenvalue weighted by Crippen LogP contribution is -2.33. The normalized spacial score (nSPS) is 31.7. The summed E-state index contributed by atoms with van der Waals surface area (Å²) in [6.45, 7) is -0.450. The van der Waals surface area contributed by atoms with E-state index in [0.717, 1.165) is 4.68 Å². The second-order valence-corrected chi connectivity index (χ2v) is 4.01. The van der Waals surface area contributed by atoms with Gasteiger partial charge in [-0.05, 0) is 0 Å². The minimum absolute atomic E-state index is 0.0419. The van der Waals surface area contributed by atoms with Crippen molar-refractivity contribution in [2.45, 2.75) is 24.5 Å². The number of amides is 1. The largest absolute Gasteiger partial charge is 0.396 e. The summed E-state index contributed by atoms with van der Waals surface area (Å²) in [5.41, 5.74) is 10.5. The van der Waals surface area contributed by atoms with Crippen LogP contribution in [0.2, 0.25) is 0 Å². The maximum atomic E-state index is 11.0. The van der Waals surface area contributed by atoms with Gasteiger partial charge in [0.05, 0.1) is 18.5 Å². The maximum Gasteiger partial charge on any atom is 0.271 e. The fourth-order valence-corrected chi connectivity index (χ4v) is 1.83. The minimum Gasteiger partial charge on any atom is -0.396 e. The summed E-state index contributed by atoms with van der Waals surface area (Å²) in [5.74, 6) is -0.807. The van der Waals surface area contributed by atoms with Crippen molar-refractivity contribution < 1.29 is 24.9 Å². The van der Waals surface area contributed by atoms with E-state index in [1.54, 1.807) is 0 Å². The predicted molar refractivity (Wildman–Crippen MR) is 58.2 cm³/mol. The lowest BCUT2D eigenvalue weighted by atomic mass is 10.1. The molecule has 100 valence electrons. The van der Waals surface area contributed by atoms with Gasteiger partial charge in [0.1, 0.15) is 18.3 Å². The van der Waals surface area contributed by atoms with E-state index in [0.29, 0.717) is 0 Å². The zero-order chi connectivity index (χ0) is 13.4. The fourth-order valence-electron chi connectivity index (χ4n) is 1.83. The van der Waals surface area contributed by atoms with Gasteiger partial charge >= 0.3 is 0 Å². The number of aliphatic hydroxyl groups excluding tert-OH is 3. The van der Waals surface area contributed by atoms with Crippen LogP contribution in [0.15, 0.2) is 6.20 Å². The van der Waals surface area contributed by atoms with Crippen molar-refractivity contribution in [1.29, 1.82) is 0 Å². The van der Waals surface area contributed by atoms with Crippen LogP contribution in [-0.4, -0.2) is 55.9 Å². The van der Waals surface area contributed by atoms with Crippen molar-refractivity contribution in [3.05, 3.63) is 11.9 Å². The molecule has 4 atom stereocenters. The zero-order valence-electron chi connectivity index (χ0n) is 9.30. The zero-order valence-corrected chi connectivity index (χ0v) is 9.30. The summed E-state index contributed by atoms with van der Waals surface area (Å²) in [6.07, 6.45) is -3.23. The molecule has 1 aliphatic heterocycles. The van der Waals surface area contributed by atoms with Crippen LogP contribution < -0.4 is 11.5 Å². The first kappa shape index (κ1) is 12.8. The second kappa shape index (κ2) is 4.53. The molecule has 0 aromatic carbocycles. The molecule has 1 amide bonds. The van der Waals surface area contributed by atoms with Crippen LogP contribution in [-0.2, 0) is 4.74 Å². The molecule has 1 fully saturated rings. The molecule has 0 spiro atoms. The van der Waals surface area contributed by atoms with Gasteiger partial charge in [-0.25, -0.2) is 4.68 Å². The van der Waals surface area contributed by atoms with Crippen LogP contribution in [0.5, 0.6) is 0 Å². The van der Waals surface area contributed by atoms with Gasteiger partial charge in [0.25, 0.3) is 5.91 Å². The molecule has 2 heterocycles. The number of carbonyl (C=O) groups excluding carboxylic acids is 1. The first-order chi connectivity index (χ1) is 8.45. The number of carbonyl (C=O) groups is 1. The summed E-state index contributed by atoms with van der Waals surface area (Å²) in [4.78, 5) is 11.0. The summed E-state index contributed by atoms with van der Waals surface area (Å²) in [7, 11) is 0. The third-order valence-corrected chi connectivity index (χ3v) is 2.77. The highest BCUT2D eigenvalue weighted by Crippen LogP contribution is 2.29. The number of hydrogen-bond donors (Lipinski definition) is 5. The van der Waals surface area contributed by atoms with Gasteiger partial charge in [0, 0.05) is 0 Å². The number of primary amides is 1. The number of anilines is 1. The molecule has 0 saturated carbocycles. The highest BCUT2D eigenvalue weighted by Gasteiger charge is 2.44. The summed E-state index contributed by atoms with van der Waals surface area (Å²) < 4.78 is 6.31. The monoisotopic (exact) mass is 258 g/mol. The first-order valence-electron chi connectivity index (χ1n) is 5.22. The molecule has 1 unspecified atom stereocenters. The van der Waals surface area contributed by atoms with E-state index in [1.807, 2.05) is 0 Å². The van der Waals surface area contributed by atoms with Gasteiger partial charge in [-0.1, -0.05) is 0 Å². The van der Waals surface area contributed by atoms with Crippen LogP contribution in [0.4, 0.5) is 5.69 Å². The number of nitrogen functional groups attached to an aromatic ring is 1. The van der Waals surface area contributed by atoms with Crippen molar-refractivity contribution in [2.24, 2.45) is 5.73 Å². The number of aromatic nitrogens is 2. The van der Waals surface area contributed by atoms with Gasteiger partial charge in [-0.15, -0.1) is 0 Å². The SMILES string of the molecule is NC(=O)c1nn(C2O[C@H](CO)[C@@H](O)[C@H]2O)cc1N. The molecule has 9 nitrogen and oxygen atoms in total. The molecule has 2 rings (SSSR count). The molecule has 1 saturated heterocycles. The number of nitrogens with two attached hydrogens (primary N) is 2. The first-order valence-corrected chi connectivity index (χ1v) is 5.22. The molecule has 1 aromatic rings. The molecule has 9 heteroatoms. The van der Waals surface area contributed by atoms with Gasteiger partial charge in [0.2, 0.25) is 0 Å². The predicted octanol–water partition coefficient (Wildman–Crippen LogP) is -2.82. The van der Waals surface area contributed by atoms with E-state index in [-0.39, 0.29) is 11.4 Å². The highest BCUT2D eigenvalue weighted by molar-refractivity contribution is 5.95. The minimum atomic E-state index is -1.29. The topological polar surface area (TPSA) is 157 Å². The quantitative estimate of drug-likeness (QED) is 0.391. The van der Waals surface area contributed by atoms with Crippen LogP contribution in [0.3, 0.4) is 0 Å². The van der Waals surface area contributed by atoms with Crippen molar-refractivity contribution >= 4 is 11.6 Å². The molecule has 0 aliphatic carbocycles. The highest BCUT2D eigenvalue weighted by atomic mass is 16.6. The lowest BCUT2D eigenvalue weighted by Gasteiger charge is -2.14. The summed E-state index contributed by atoms with van der Waals surface area (Å²) in [6, 6.07) is 0. The number of aliphatic hydroxyl groups is 3. The van der Waals surface area contributed by atoms with E-state index in [2.05, 4.69) is 5.10 Å². The second-order valence-electron chi connectivity index (χ2n) is 4.01. The summed E-state index contributed by atoms with van der Waals surface area (Å²) >= 11 is 0. The van der Waals surface area contributed by atoms with Crippen molar-refractivity contribution in [1.82, 2.24) is 9.78 Å². The van der Waals surface area contributed by atoms with E-state index >= 15 is 0 Å². The van der Waals surface area contributed by atoms with Crippen molar-refractivity contribution in [3.8, 4) is 0 Å². The third-order valence-electron chi connectivity index (χ3n) is 2.77. The smallest absolute Gasteiger partial charge is 0.271 e. The van der Waals surface area contributed by atoms with Crippen LogP contribution >= 0.6 is 0 Å². The molecule has 0 bridgehead atoms. The molecule has 0 radical (unpaired) electrons. The number of ether oxygens (including phenoxy) is 1. The molecular weight excluding hydrogens is 244 g/mol. The number of nitrogens with zero attached hydrogens (tertiary/aromatic N) is 2. The average Bonchev–Trinajstić information content (AvgIpc) is 2.82. The van der Waals surface area contributed by atoms with E-state index in [9.17, 15) is 15.0 Å². The molecule has 7 N–H and O–H groups in total. The van der Waals surface area contributed by atoms with Crippen LogP contribution in [0, 0.1) is 0 Å². The van der Waals surface area contributed by atoms with Gasteiger partial charge in [-0.2, -0.15) is 5.10 Å². The van der Waals surface area contributed by atoms with E-state index in [1.165, 1.54) is 6.20 Å². The molecule has 1 aliphatic rings. The molecular formula is C9H14N4O5. The Morgan fingerprint density at radius 3 is 2.61 bits per heavy atom. The summed E-state index contributed by atoms with van der Waals surface area (Å²) in [5, 5.41) is 32.0. The molecule has 18 heavy (non-hydrogen) atoms. The fraction of sp³-hybridized carbons (Fsp3) is 0.556. The van der Waals surface area contributed by atoms with Gasteiger partial charge in [-0.3, -0.25) is 4.79 Å². The number of rotatable bonds is 3. The molecule has 1 aromatic heterocycles. The Balaban J connectivity index is 2.27. The van der Waals surface area contributed by atoms with E-state index < -0.39 is 37.1 Å². The van der Waals surface area contributed by atoms with Crippen molar-refractivity contribution in [3.63, 3.8) is 0 Å².